The van der Waals surface area contributed by atoms with E-state index in [4.69, 9.17) is 4.74 Å². The van der Waals surface area contributed by atoms with Gasteiger partial charge in [0.05, 0.1) is 12.8 Å². The Balaban J connectivity index is 1.98. The molecule has 0 bridgehead atoms. The van der Waals surface area contributed by atoms with Crippen molar-refractivity contribution in [2.24, 2.45) is 7.05 Å². The van der Waals surface area contributed by atoms with Crippen molar-refractivity contribution in [3.8, 4) is 17.0 Å². The molecule has 0 N–H and O–H groups in total. The summed E-state index contributed by atoms with van der Waals surface area (Å²) in [6, 6.07) is 27.4. The van der Waals surface area contributed by atoms with Crippen molar-refractivity contribution in [2.45, 2.75) is 9.79 Å². The molecule has 25 heavy (non-hydrogen) atoms. The van der Waals surface area contributed by atoms with Crippen LogP contribution in [0.2, 0.25) is 0 Å². The van der Waals surface area contributed by atoms with E-state index in [-0.39, 0.29) is 0 Å². The molecule has 0 fully saturated rings. The smallest absolute Gasteiger partial charge is 0.119 e. The minimum absolute atomic E-state index is 0.882. The third-order valence-corrected chi connectivity index (χ3v) is 5.50. The summed E-state index contributed by atoms with van der Waals surface area (Å²) in [5.74, 6) is 0.882. The van der Waals surface area contributed by atoms with E-state index < -0.39 is 0 Å². The molecule has 0 unspecified atom stereocenters. The summed E-state index contributed by atoms with van der Waals surface area (Å²) in [7, 11) is 3.85. The fourth-order valence-electron chi connectivity index (χ4n) is 3.15. The zero-order valence-corrected chi connectivity index (χ0v) is 15.1. The standard InChI is InChI=1S/C22H19NOS/c1-23-20-14-13-17(24-2)15-19(20)22(25-18-11-7-4-8-12-18)21(23)16-9-5-3-6-10-16/h3-15H,1-2H3. The second kappa shape index (κ2) is 6.69. The molecule has 1 heterocycles. The van der Waals surface area contributed by atoms with Gasteiger partial charge in [-0.25, -0.2) is 0 Å². The Labute approximate surface area is 152 Å². The highest BCUT2D eigenvalue weighted by Crippen LogP contribution is 2.43. The van der Waals surface area contributed by atoms with E-state index in [1.54, 1.807) is 18.9 Å². The van der Waals surface area contributed by atoms with Crippen LogP contribution in [0, 0.1) is 0 Å². The fourth-order valence-corrected chi connectivity index (χ4v) is 4.30. The highest BCUT2D eigenvalue weighted by Gasteiger charge is 2.18. The van der Waals surface area contributed by atoms with Crippen LogP contribution in [0.5, 0.6) is 5.75 Å². The molecule has 0 amide bonds. The lowest BCUT2D eigenvalue weighted by atomic mass is 10.1. The van der Waals surface area contributed by atoms with Crippen LogP contribution in [-0.4, -0.2) is 11.7 Å². The lowest BCUT2D eigenvalue weighted by Crippen LogP contribution is -1.92. The van der Waals surface area contributed by atoms with Gasteiger partial charge in [-0.1, -0.05) is 60.3 Å². The average molecular weight is 345 g/mol. The van der Waals surface area contributed by atoms with Crippen LogP contribution in [0.4, 0.5) is 0 Å². The van der Waals surface area contributed by atoms with Gasteiger partial charge >= 0.3 is 0 Å². The molecule has 0 atom stereocenters. The maximum absolute atomic E-state index is 5.46. The van der Waals surface area contributed by atoms with Gasteiger partial charge in [0, 0.05) is 27.7 Å². The number of benzene rings is 3. The molecule has 0 saturated carbocycles. The number of nitrogens with zero attached hydrogens (tertiary/aromatic N) is 1. The first kappa shape index (κ1) is 15.9. The number of hydrogen-bond acceptors (Lipinski definition) is 2. The van der Waals surface area contributed by atoms with Gasteiger partial charge in [0.15, 0.2) is 0 Å². The van der Waals surface area contributed by atoms with Crippen molar-refractivity contribution in [3.05, 3.63) is 78.9 Å². The molecule has 4 rings (SSSR count). The van der Waals surface area contributed by atoms with Gasteiger partial charge in [-0.15, -0.1) is 0 Å². The monoisotopic (exact) mass is 345 g/mol. The van der Waals surface area contributed by atoms with E-state index in [1.165, 1.54) is 32.0 Å². The molecule has 0 aliphatic rings. The molecule has 3 aromatic carbocycles. The SMILES string of the molecule is COc1ccc2c(c1)c(Sc1ccccc1)c(-c1ccccc1)n2C. The molecule has 124 valence electrons. The second-order valence-electron chi connectivity index (χ2n) is 5.90. The van der Waals surface area contributed by atoms with E-state index >= 15 is 0 Å². The number of hydrogen-bond donors (Lipinski definition) is 0. The lowest BCUT2D eigenvalue weighted by molar-refractivity contribution is 0.415. The van der Waals surface area contributed by atoms with Gasteiger partial charge in [0.1, 0.15) is 5.75 Å². The number of ether oxygens (including phenoxy) is 1. The second-order valence-corrected chi connectivity index (χ2v) is 6.98. The molecule has 2 nitrogen and oxygen atoms in total. The van der Waals surface area contributed by atoms with E-state index in [0.717, 1.165) is 5.75 Å². The van der Waals surface area contributed by atoms with Crippen LogP contribution in [0.1, 0.15) is 0 Å². The van der Waals surface area contributed by atoms with Gasteiger partial charge in [-0.05, 0) is 35.9 Å². The molecule has 0 radical (unpaired) electrons. The highest BCUT2D eigenvalue weighted by atomic mass is 32.2. The molecule has 0 aliphatic heterocycles. The summed E-state index contributed by atoms with van der Waals surface area (Å²) >= 11 is 1.80. The summed E-state index contributed by atoms with van der Waals surface area (Å²) in [6.45, 7) is 0. The molecular weight excluding hydrogens is 326 g/mol. The average Bonchev–Trinajstić information content (AvgIpc) is 2.94. The topological polar surface area (TPSA) is 14.2 Å². The van der Waals surface area contributed by atoms with Crippen molar-refractivity contribution >= 4 is 22.7 Å². The summed E-state index contributed by atoms with van der Waals surface area (Å²) < 4.78 is 7.74. The summed E-state index contributed by atoms with van der Waals surface area (Å²) in [4.78, 5) is 2.49. The van der Waals surface area contributed by atoms with Crippen LogP contribution in [0.15, 0.2) is 88.7 Å². The predicted molar refractivity (Wildman–Crippen MR) is 105 cm³/mol. The predicted octanol–water partition coefficient (Wildman–Crippen LogP) is 6.01. The van der Waals surface area contributed by atoms with Gasteiger partial charge in [-0.2, -0.15) is 0 Å². The minimum Gasteiger partial charge on any atom is -0.497 e. The number of aryl methyl sites for hydroxylation is 1. The van der Waals surface area contributed by atoms with Gasteiger partial charge < -0.3 is 9.30 Å². The summed E-state index contributed by atoms with van der Waals surface area (Å²) in [6.07, 6.45) is 0. The molecule has 3 heteroatoms. The molecule has 0 saturated heterocycles. The Morgan fingerprint density at radius 3 is 2.20 bits per heavy atom. The van der Waals surface area contributed by atoms with Crippen molar-refractivity contribution in [1.29, 1.82) is 0 Å². The van der Waals surface area contributed by atoms with Crippen LogP contribution >= 0.6 is 11.8 Å². The normalized spacial score (nSPS) is 11.0. The first-order valence-electron chi connectivity index (χ1n) is 8.22. The van der Waals surface area contributed by atoms with Crippen molar-refractivity contribution in [1.82, 2.24) is 4.57 Å². The Morgan fingerprint density at radius 2 is 1.52 bits per heavy atom. The van der Waals surface area contributed by atoms with E-state index in [9.17, 15) is 0 Å². The third kappa shape index (κ3) is 2.92. The van der Waals surface area contributed by atoms with Gasteiger partial charge in [0.25, 0.3) is 0 Å². The first-order chi connectivity index (χ1) is 12.3. The number of fused-ring (bicyclic) bond motifs is 1. The lowest BCUT2D eigenvalue weighted by Gasteiger charge is -2.08. The van der Waals surface area contributed by atoms with Crippen LogP contribution in [-0.2, 0) is 7.05 Å². The highest BCUT2D eigenvalue weighted by molar-refractivity contribution is 7.99. The zero-order valence-electron chi connectivity index (χ0n) is 14.3. The fraction of sp³-hybridized carbons (Fsp3) is 0.0909. The minimum atomic E-state index is 0.882. The largest absolute Gasteiger partial charge is 0.497 e. The molecule has 1 aromatic heterocycles. The molecule has 0 spiro atoms. The number of rotatable bonds is 4. The van der Waals surface area contributed by atoms with E-state index in [0.29, 0.717) is 0 Å². The Hall–Kier alpha value is -2.65. The van der Waals surface area contributed by atoms with Gasteiger partial charge in [-0.3, -0.25) is 0 Å². The van der Waals surface area contributed by atoms with Crippen molar-refractivity contribution in [3.63, 3.8) is 0 Å². The summed E-state index contributed by atoms with van der Waals surface area (Å²) in [5, 5.41) is 1.22. The number of aromatic nitrogens is 1. The zero-order chi connectivity index (χ0) is 17.2. The first-order valence-corrected chi connectivity index (χ1v) is 9.04. The summed E-state index contributed by atoms with van der Waals surface area (Å²) in [5.41, 5.74) is 3.66. The maximum atomic E-state index is 5.46. The third-order valence-electron chi connectivity index (χ3n) is 4.37. The quantitative estimate of drug-likeness (QED) is 0.450. The van der Waals surface area contributed by atoms with Crippen LogP contribution in [0.25, 0.3) is 22.2 Å². The molecule has 0 aliphatic carbocycles. The maximum Gasteiger partial charge on any atom is 0.119 e. The van der Waals surface area contributed by atoms with Crippen LogP contribution < -0.4 is 4.74 Å². The number of methoxy groups -OCH3 is 1. The van der Waals surface area contributed by atoms with Crippen molar-refractivity contribution in [2.75, 3.05) is 7.11 Å². The Morgan fingerprint density at radius 1 is 0.840 bits per heavy atom. The Bertz CT molecular complexity index is 1010. The van der Waals surface area contributed by atoms with E-state index in [2.05, 4.69) is 78.3 Å². The van der Waals surface area contributed by atoms with E-state index in [1.807, 2.05) is 12.1 Å². The molecular formula is C22H19NOS. The van der Waals surface area contributed by atoms with Crippen LogP contribution in [0.3, 0.4) is 0 Å². The molecule has 4 aromatic rings. The Kier molecular flexibility index (Phi) is 4.24. The van der Waals surface area contributed by atoms with Crippen molar-refractivity contribution < 1.29 is 4.74 Å². The van der Waals surface area contributed by atoms with Gasteiger partial charge in [0.2, 0.25) is 0 Å².